The monoisotopic (exact) mass is 305 g/mol. The molecule has 0 aliphatic carbocycles. The Kier molecular flexibility index (Phi) is 4.29. The summed E-state index contributed by atoms with van der Waals surface area (Å²) in [6.45, 7) is 0. The number of carbonyl (C=O) groups excluding carboxylic acids is 1. The highest BCUT2D eigenvalue weighted by Crippen LogP contribution is 2.22. The lowest BCUT2D eigenvalue weighted by Crippen LogP contribution is -2.14. The van der Waals surface area contributed by atoms with Crippen LogP contribution in [0.25, 0.3) is 11.3 Å². The molecular weight excluding hydrogens is 290 g/mol. The van der Waals surface area contributed by atoms with Crippen LogP contribution < -0.4 is 10.1 Å². The fourth-order valence-corrected chi connectivity index (χ4v) is 2.19. The lowest BCUT2D eigenvalue weighted by Gasteiger charge is -2.09. The minimum atomic E-state index is -0.255. The lowest BCUT2D eigenvalue weighted by atomic mass is 10.1. The summed E-state index contributed by atoms with van der Waals surface area (Å²) >= 11 is 0. The Bertz CT molecular complexity index is 802. The Hall–Kier alpha value is -3.21. The molecule has 1 N–H and O–H groups in total. The van der Waals surface area contributed by atoms with E-state index >= 15 is 0 Å². The molecule has 2 aromatic carbocycles. The minimum Gasteiger partial charge on any atom is -0.497 e. The predicted molar refractivity (Wildman–Crippen MR) is 88.4 cm³/mol. The first kappa shape index (κ1) is 14.7. The second kappa shape index (κ2) is 6.70. The number of ether oxygens (including phenoxy) is 1. The first-order chi connectivity index (χ1) is 11.3. The highest BCUT2D eigenvalue weighted by atomic mass is 16.5. The Morgan fingerprint density at radius 2 is 1.78 bits per heavy atom. The van der Waals surface area contributed by atoms with Crippen LogP contribution in [-0.4, -0.2) is 23.0 Å². The van der Waals surface area contributed by atoms with Gasteiger partial charge in [-0.3, -0.25) is 4.79 Å². The van der Waals surface area contributed by atoms with E-state index in [0.717, 1.165) is 11.3 Å². The molecule has 5 nitrogen and oxygen atoms in total. The molecule has 0 fully saturated rings. The number of anilines is 1. The van der Waals surface area contributed by atoms with E-state index in [0.29, 0.717) is 16.9 Å². The summed E-state index contributed by atoms with van der Waals surface area (Å²) in [6.07, 6.45) is 2.96. The predicted octanol–water partition coefficient (Wildman–Crippen LogP) is 3.40. The summed E-state index contributed by atoms with van der Waals surface area (Å²) in [5, 5.41) is 2.85. The Labute approximate surface area is 134 Å². The fraction of sp³-hybridized carbons (Fsp3) is 0.0556. The number of benzene rings is 2. The quantitative estimate of drug-likeness (QED) is 0.802. The standard InChI is InChI=1S/C18H15N3O2/c1-23-15-9-7-14(8-10-15)21-18(22)16-11-19-12-20-17(16)13-5-3-2-4-6-13/h2-12H,1H3,(H,21,22). The third kappa shape index (κ3) is 3.35. The second-order valence-corrected chi connectivity index (χ2v) is 4.83. The normalized spacial score (nSPS) is 10.1. The fourth-order valence-electron chi connectivity index (χ4n) is 2.19. The number of amides is 1. The lowest BCUT2D eigenvalue weighted by molar-refractivity contribution is 0.102. The molecule has 3 aromatic rings. The van der Waals surface area contributed by atoms with E-state index in [1.54, 1.807) is 31.4 Å². The molecule has 0 spiro atoms. The molecule has 0 radical (unpaired) electrons. The van der Waals surface area contributed by atoms with Crippen LogP contribution >= 0.6 is 0 Å². The molecule has 0 atom stereocenters. The maximum Gasteiger partial charge on any atom is 0.259 e. The Balaban J connectivity index is 1.88. The van der Waals surface area contributed by atoms with Crippen molar-refractivity contribution in [3.05, 3.63) is 72.7 Å². The average Bonchev–Trinajstić information content (AvgIpc) is 2.63. The summed E-state index contributed by atoms with van der Waals surface area (Å²) in [6, 6.07) is 16.7. The molecular formula is C18H15N3O2. The molecule has 3 rings (SSSR count). The van der Waals surface area contributed by atoms with Crippen molar-refractivity contribution in [2.24, 2.45) is 0 Å². The van der Waals surface area contributed by atoms with E-state index in [-0.39, 0.29) is 5.91 Å². The number of nitrogens with zero attached hydrogens (tertiary/aromatic N) is 2. The van der Waals surface area contributed by atoms with Crippen molar-refractivity contribution in [1.29, 1.82) is 0 Å². The number of hydrogen-bond donors (Lipinski definition) is 1. The van der Waals surface area contributed by atoms with Crippen molar-refractivity contribution in [1.82, 2.24) is 9.97 Å². The van der Waals surface area contributed by atoms with Crippen LogP contribution in [0, 0.1) is 0 Å². The average molecular weight is 305 g/mol. The van der Waals surface area contributed by atoms with E-state index in [1.165, 1.54) is 12.5 Å². The first-order valence-electron chi connectivity index (χ1n) is 7.09. The maximum atomic E-state index is 12.5. The molecule has 23 heavy (non-hydrogen) atoms. The van der Waals surface area contributed by atoms with E-state index in [1.807, 2.05) is 30.3 Å². The second-order valence-electron chi connectivity index (χ2n) is 4.83. The van der Waals surface area contributed by atoms with Gasteiger partial charge in [0.25, 0.3) is 5.91 Å². The van der Waals surface area contributed by atoms with Gasteiger partial charge in [0.2, 0.25) is 0 Å². The van der Waals surface area contributed by atoms with Gasteiger partial charge in [-0.15, -0.1) is 0 Å². The summed E-state index contributed by atoms with van der Waals surface area (Å²) in [5.74, 6) is 0.477. The van der Waals surface area contributed by atoms with Gasteiger partial charge in [0.05, 0.1) is 18.4 Å². The van der Waals surface area contributed by atoms with Gasteiger partial charge in [0, 0.05) is 17.4 Å². The van der Waals surface area contributed by atoms with Crippen molar-refractivity contribution in [3.63, 3.8) is 0 Å². The van der Waals surface area contributed by atoms with Gasteiger partial charge in [-0.25, -0.2) is 9.97 Å². The maximum absolute atomic E-state index is 12.5. The summed E-state index contributed by atoms with van der Waals surface area (Å²) in [4.78, 5) is 20.8. The Morgan fingerprint density at radius 3 is 2.48 bits per heavy atom. The topological polar surface area (TPSA) is 64.1 Å². The van der Waals surface area contributed by atoms with Crippen molar-refractivity contribution in [2.45, 2.75) is 0 Å². The third-order valence-corrected chi connectivity index (χ3v) is 3.35. The van der Waals surface area contributed by atoms with Crippen LogP contribution in [0.1, 0.15) is 10.4 Å². The number of carbonyl (C=O) groups is 1. The van der Waals surface area contributed by atoms with Crippen LogP contribution in [0.2, 0.25) is 0 Å². The van der Waals surface area contributed by atoms with E-state index < -0.39 is 0 Å². The number of aromatic nitrogens is 2. The van der Waals surface area contributed by atoms with Crippen LogP contribution in [0.15, 0.2) is 67.1 Å². The van der Waals surface area contributed by atoms with Gasteiger partial charge in [0.1, 0.15) is 12.1 Å². The van der Waals surface area contributed by atoms with Crippen molar-refractivity contribution < 1.29 is 9.53 Å². The summed E-state index contributed by atoms with van der Waals surface area (Å²) in [7, 11) is 1.60. The number of methoxy groups -OCH3 is 1. The zero-order chi connectivity index (χ0) is 16.1. The highest BCUT2D eigenvalue weighted by Gasteiger charge is 2.14. The van der Waals surface area contributed by atoms with Gasteiger partial charge in [-0.1, -0.05) is 30.3 Å². The molecule has 0 aliphatic rings. The molecule has 1 amide bonds. The molecule has 0 saturated carbocycles. The van der Waals surface area contributed by atoms with Gasteiger partial charge < -0.3 is 10.1 Å². The smallest absolute Gasteiger partial charge is 0.259 e. The molecule has 0 bridgehead atoms. The van der Waals surface area contributed by atoms with Crippen LogP contribution in [0.3, 0.4) is 0 Å². The Morgan fingerprint density at radius 1 is 1.04 bits per heavy atom. The molecule has 5 heteroatoms. The van der Waals surface area contributed by atoms with Crippen molar-refractivity contribution in [2.75, 3.05) is 12.4 Å². The van der Waals surface area contributed by atoms with E-state index in [2.05, 4.69) is 15.3 Å². The van der Waals surface area contributed by atoms with Gasteiger partial charge in [-0.2, -0.15) is 0 Å². The molecule has 1 aromatic heterocycles. The zero-order valence-corrected chi connectivity index (χ0v) is 12.6. The van der Waals surface area contributed by atoms with Crippen LogP contribution in [0.4, 0.5) is 5.69 Å². The zero-order valence-electron chi connectivity index (χ0n) is 12.6. The van der Waals surface area contributed by atoms with Crippen LogP contribution in [-0.2, 0) is 0 Å². The van der Waals surface area contributed by atoms with Crippen molar-refractivity contribution in [3.8, 4) is 17.0 Å². The number of rotatable bonds is 4. The SMILES string of the molecule is COc1ccc(NC(=O)c2cncnc2-c2ccccc2)cc1. The van der Waals surface area contributed by atoms with Gasteiger partial charge in [0.15, 0.2) is 0 Å². The van der Waals surface area contributed by atoms with Crippen LogP contribution in [0.5, 0.6) is 5.75 Å². The van der Waals surface area contributed by atoms with E-state index in [4.69, 9.17) is 4.74 Å². The molecule has 114 valence electrons. The minimum absolute atomic E-state index is 0.255. The molecule has 0 saturated heterocycles. The molecule has 0 aliphatic heterocycles. The van der Waals surface area contributed by atoms with Crippen molar-refractivity contribution >= 4 is 11.6 Å². The molecule has 0 unspecified atom stereocenters. The third-order valence-electron chi connectivity index (χ3n) is 3.35. The summed E-state index contributed by atoms with van der Waals surface area (Å²) < 4.78 is 5.10. The largest absolute Gasteiger partial charge is 0.497 e. The number of hydrogen-bond acceptors (Lipinski definition) is 4. The first-order valence-corrected chi connectivity index (χ1v) is 7.09. The number of nitrogens with one attached hydrogen (secondary N) is 1. The van der Waals surface area contributed by atoms with Gasteiger partial charge in [-0.05, 0) is 24.3 Å². The highest BCUT2D eigenvalue weighted by molar-refractivity contribution is 6.07. The van der Waals surface area contributed by atoms with Gasteiger partial charge >= 0.3 is 0 Å². The van der Waals surface area contributed by atoms with E-state index in [9.17, 15) is 4.79 Å². The summed E-state index contributed by atoms with van der Waals surface area (Å²) in [5.41, 5.74) is 2.58. The molecule has 1 heterocycles.